The molecule has 0 aromatic carbocycles. The summed E-state index contributed by atoms with van der Waals surface area (Å²) in [5.41, 5.74) is 0.767. The number of carboxylic acids is 2. The first-order valence-corrected chi connectivity index (χ1v) is 12.1. The van der Waals surface area contributed by atoms with Crippen LogP contribution in [0.2, 0.25) is 10.0 Å². The molecule has 2 aromatic rings. The van der Waals surface area contributed by atoms with Crippen molar-refractivity contribution in [3.8, 4) is 0 Å². The van der Waals surface area contributed by atoms with Crippen molar-refractivity contribution in [2.45, 2.75) is 25.8 Å². The molecular formula is C22H24Cl2N6O5. The smallest absolute Gasteiger partial charge is 0.354 e. The average Bonchev–Trinajstić information content (AvgIpc) is 3.15. The predicted octanol–water partition coefficient (Wildman–Crippen LogP) is 2.28. The largest absolute Gasteiger partial charge is 0.481 e. The van der Waals surface area contributed by atoms with E-state index < -0.39 is 17.9 Å². The summed E-state index contributed by atoms with van der Waals surface area (Å²) in [7, 11) is 0. The van der Waals surface area contributed by atoms with Gasteiger partial charge in [-0.15, -0.1) is 0 Å². The summed E-state index contributed by atoms with van der Waals surface area (Å²) in [6, 6.07) is 1.45. The third kappa shape index (κ3) is 4.38. The fourth-order valence-electron chi connectivity index (χ4n) is 5.04. The molecule has 0 bridgehead atoms. The number of aromatic carboxylic acids is 1. The van der Waals surface area contributed by atoms with Crippen LogP contribution in [0.15, 0.2) is 6.07 Å². The lowest BCUT2D eigenvalue weighted by Gasteiger charge is -2.31. The first kappa shape index (κ1) is 23.7. The Morgan fingerprint density at radius 1 is 1.06 bits per heavy atom. The van der Waals surface area contributed by atoms with Gasteiger partial charge in [-0.25, -0.2) is 9.78 Å². The van der Waals surface area contributed by atoms with Crippen LogP contribution >= 0.6 is 23.2 Å². The number of aryl methyl sites for hydroxylation is 1. The summed E-state index contributed by atoms with van der Waals surface area (Å²) in [5.74, 6) is -1.46. The van der Waals surface area contributed by atoms with Crippen molar-refractivity contribution >= 4 is 52.8 Å². The van der Waals surface area contributed by atoms with Gasteiger partial charge in [-0.2, -0.15) is 4.98 Å². The van der Waals surface area contributed by atoms with Crippen LogP contribution in [0.4, 0.5) is 11.8 Å². The molecule has 1 unspecified atom stereocenters. The molecule has 2 aromatic heterocycles. The first-order chi connectivity index (χ1) is 16.6. The standard InChI is InChI=1S/C22H24Cl2N6O5/c1-9-15(23)16(24)18(25-9)19(31)28-17-11-7-30(8-12(11)17)14-6-13(21(34)35)26-22(27-14)29-4-2-10(3-5-29)20(32)33/h6,10-12,17,25H,2-5,7-8H2,1H3,(H,28,31)(H,32,33)(H,34,35)/t11-,12+,17?. The van der Waals surface area contributed by atoms with Crippen LogP contribution in [-0.2, 0) is 4.79 Å². The van der Waals surface area contributed by atoms with Crippen LogP contribution in [0.5, 0.6) is 0 Å². The minimum Gasteiger partial charge on any atom is -0.481 e. The molecule has 0 spiro atoms. The molecule has 3 fully saturated rings. The molecule has 2 saturated heterocycles. The van der Waals surface area contributed by atoms with Gasteiger partial charge in [0.1, 0.15) is 11.5 Å². The molecule has 4 N–H and O–H groups in total. The minimum atomic E-state index is -1.15. The van der Waals surface area contributed by atoms with E-state index >= 15 is 0 Å². The van der Waals surface area contributed by atoms with E-state index in [4.69, 9.17) is 23.2 Å². The highest BCUT2D eigenvalue weighted by Crippen LogP contribution is 2.47. The molecular weight excluding hydrogens is 499 g/mol. The molecule has 186 valence electrons. The molecule has 1 amide bonds. The van der Waals surface area contributed by atoms with Crippen LogP contribution in [0.3, 0.4) is 0 Å². The van der Waals surface area contributed by atoms with E-state index in [1.165, 1.54) is 6.07 Å². The van der Waals surface area contributed by atoms with Crippen molar-refractivity contribution in [2.75, 3.05) is 36.0 Å². The number of hydrogen-bond acceptors (Lipinski definition) is 7. The highest BCUT2D eigenvalue weighted by atomic mass is 35.5. The lowest BCUT2D eigenvalue weighted by Crippen LogP contribution is -2.38. The molecule has 35 heavy (non-hydrogen) atoms. The number of piperidine rings is 2. The van der Waals surface area contributed by atoms with Gasteiger partial charge in [-0.1, -0.05) is 23.2 Å². The van der Waals surface area contributed by atoms with Gasteiger partial charge in [0.25, 0.3) is 5.91 Å². The predicted molar refractivity (Wildman–Crippen MR) is 128 cm³/mol. The fourth-order valence-corrected chi connectivity index (χ4v) is 5.46. The van der Waals surface area contributed by atoms with Gasteiger partial charge in [0, 0.05) is 55.8 Å². The van der Waals surface area contributed by atoms with Crippen LogP contribution < -0.4 is 15.1 Å². The number of amides is 1. The lowest BCUT2D eigenvalue weighted by molar-refractivity contribution is -0.142. The van der Waals surface area contributed by atoms with Gasteiger partial charge in [0.05, 0.1) is 16.0 Å². The van der Waals surface area contributed by atoms with E-state index in [1.807, 2.05) is 9.80 Å². The number of nitrogens with one attached hydrogen (secondary N) is 2. The Hall–Kier alpha value is -3.05. The van der Waals surface area contributed by atoms with Crippen molar-refractivity contribution in [2.24, 2.45) is 17.8 Å². The van der Waals surface area contributed by atoms with Gasteiger partial charge in [-0.05, 0) is 19.8 Å². The molecule has 3 aliphatic rings. The molecule has 1 aliphatic carbocycles. The van der Waals surface area contributed by atoms with Gasteiger partial charge >= 0.3 is 11.9 Å². The zero-order valence-electron chi connectivity index (χ0n) is 18.8. The normalized spacial score (nSPS) is 23.8. The van der Waals surface area contributed by atoms with Gasteiger partial charge in [0.15, 0.2) is 5.69 Å². The van der Waals surface area contributed by atoms with E-state index in [2.05, 4.69) is 20.3 Å². The Morgan fingerprint density at radius 3 is 2.26 bits per heavy atom. The second-order valence-electron chi connectivity index (χ2n) is 9.30. The molecule has 3 atom stereocenters. The van der Waals surface area contributed by atoms with E-state index in [0.717, 1.165) is 0 Å². The summed E-state index contributed by atoms with van der Waals surface area (Å²) < 4.78 is 0. The Balaban J connectivity index is 1.25. The Morgan fingerprint density at radius 2 is 1.71 bits per heavy atom. The maximum absolute atomic E-state index is 12.6. The minimum absolute atomic E-state index is 0.00695. The maximum atomic E-state index is 12.6. The fraction of sp³-hybridized carbons (Fsp3) is 0.500. The number of nitrogens with zero attached hydrogens (tertiary/aromatic N) is 4. The Bertz CT molecular complexity index is 1200. The summed E-state index contributed by atoms with van der Waals surface area (Å²) >= 11 is 12.2. The number of halogens is 2. The van der Waals surface area contributed by atoms with Crippen molar-refractivity contribution < 1.29 is 24.6 Å². The van der Waals surface area contributed by atoms with Crippen LogP contribution in [0.25, 0.3) is 0 Å². The molecule has 11 nitrogen and oxygen atoms in total. The Labute approximate surface area is 210 Å². The third-order valence-electron chi connectivity index (χ3n) is 7.14. The number of H-pyrrole nitrogens is 1. The lowest BCUT2D eigenvalue weighted by atomic mass is 9.97. The number of carbonyl (C=O) groups is 3. The van der Waals surface area contributed by atoms with Crippen LogP contribution in [-0.4, -0.2) is 75.2 Å². The van der Waals surface area contributed by atoms with Crippen molar-refractivity contribution in [1.82, 2.24) is 20.3 Å². The maximum Gasteiger partial charge on any atom is 0.354 e. The van der Waals surface area contributed by atoms with E-state index in [-0.39, 0.29) is 40.2 Å². The van der Waals surface area contributed by atoms with Crippen molar-refractivity contribution in [1.29, 1.82) is 0 Å². The SMILES string of the molecule is Cc1[nH]c(C(=O)NC2[C@H]3CN(c4cc(C(=O)O)nc(N5CCC(C(=O)O)CC5)n4)C[C@@H]23)c(Cl)c1Cl. The van der Waals surface area contributed by atoms with Crippen LogP contribution in [0, 0.1) is 24.7 Å². The van der Waals surface area contributed by atoms with Crippen molar-refractivity contribution in [3.63, 3.8) is 0 Å². The van der Waals surface area contributed by atoms with Gasteiger partial charge in [-0.3, -0.25) is 9.59 Å². The second kappa shape index (κ2) is 8.87. The van der Waals surface area contributed by atoms with E-state index in [0.29, 0.717) is 61.5 Å². The quantitative estimate of drug-likeness (QED) is 0.447. The summed E-state index contributed by atoms with van der Waals surface area (Å²) in [6.45, 7) is 3.87. The second-order valence-corrected chi connectivity index (χ2v) is 10.1. The van der Waals surface area contributed by atoms with Crippen LogP contribution in [0.1, 0.15) is 39.5 Å². The summed E-state index contributed by atoms with van der Waals surface area (Å²) in [5, 5.41) is 22.3. The Kier molecular flexibility index (Phi) is 6.00. The summed E-state index contributed by atoms with van der Waals surface area (Å²) in [4.78, 5) is 51.1. The van der Waals surface area contributed by atoms with E-state index in [1.54, 1.807) is 6.92 Å². The van der Waals surface area contributed by atoms with Gasteiger partial charge in [0.2, 0.25) is 5.95 Å². The number of aromatic nitrogens is 3. The monoisotopic (exact) mass is 522 g/mol. The molecule has 2 aliphatic heterocycles. The number of hydrogen-bond donors (Lipinski definition) is 4. The van der Waals surface area contributed by atoms with Gasteiger partial charge < -0.3 is 30.3 Å². The summed E-state index contributed by atoms with van der Waals surface area (Å²) in [6.07, 6.45) is 0.909. The topological polar surface area (TPSA) is 152 Å². The number of carboxylic acid groups (broad SMARTS) is 2. The number of fused-ring (bicyclic) bond motifs is 1. The number of rotatable bonds is 6. The van der Waals surface area contributed by atoms with Crippen molar-refractivity contribution in [3.05, 3.63) is 33.2 Å². The number of anilines is 2. The number of carbonyl (C=O) groups excluding carboxylic acids is 1. The zero-order chi connectivity index (χ0) is 25.0. The number of aliphatic carboxylic acids is 1. The molecule has 5 rings (SSSR count). The number of aromatic amines is 1. The molecule has 4 heterocycles. The first-order valence-electron chi connectivity index (χ1n) is 11.3. The highest BCUT2D eigenvalue weighted by molar-refractivity contribution is 6.44. The highest BCUT2D eigenvalue weighted by Gasteiger charge is 2.57. The third-order valence-corrected chi connectivity index (χ3v) is 8.09. The molecule has 0 radical (unpaired) electrons. The molecule has 13 heteroatoms. The average molecular weight is 523 g/mol. The van der Waals surface area contributed by atoms with E-state index in [9.17, 15) is 24.6 Å². The molecule has 1 saturated carbocycles. The zero-order valence-corrected chi connectivity index (χ0v) is 20.3.